The summed E-state index contributed by atoms with van der Waals surface area (Å²) >= 11 is 0. The molecule has 0 aliphatic carbocycles. The average Bonchev–Trinajstić information content (AvgIpc) is 2.64. The molecular weight excluding hydrogens is 310 g/mol. The van der Waals surface area contributed by atoms with E-state index >= 15 is 0 Å². The van der Waals surface area contributed by atoms with Gasteiger partial charge in [0, 0.05) is 25.1 Å². The van der Waals surface area contributed by atoms with Gasteiger partial charge >= 0.3 is 0 Å². The van der Waals surface area contributed by atoms with Crippen molar-refractivity contribution < 1.29 is 9.84 Å². The average molecular weight is 337 g/mol. The largest absolute Gasteiger partial charge is 0.488 e. The molecule has 0 atom stereocenters. The number of likely N-dealkylation sites (tertiary alicyclic amines) is 1. The van der Waals surface area contributed by atoms with Crippen molar-refractivity contribution in [2.24, 2.45) is 0 Å². The van der Waals surface area contributed by atoms with Crippen LogP contribution < -0.4 is 4.74 Å². The molecule has 0 unspecified atom stereocenters. The van der Waals surface area contributed by atoms with Gasteiger partial charge in [0.25, 0.3) is 0 Å². The third kappa shape index (κ3) is 5.63. The van der Waals surface area contributed by atoms with Crippen molar-refractivity contribution in [1.29, 1.82) is 0 Å². The Labute approximate surface area is 151 Å². The van der Waals surface area contributed by atoms with Gasteiger partial charge in [0.2, 0.25) is 0 Å². The molecule has 1 aliphatic heterocycles. The van der Waals surface area contributed by atoms with Crippen LogP contribution in [0.1, 0.15) is 25.8 Å². The Hall–Kier alpha value is -2.28. The summed E-state index contributed by atoms with van der Waals surface area (Å²) < 4.78 is 5.91. The molecule has 0 spiro atoms. The lowest BCUT2D eigenvalue weighted by Crippen LogP contribution is -2.51. The zero-order valence-corrected chi connectivity index (χ0v) is 15.3. The molecule has 3 nitrogen and oxygen atoms in total. The molecule has 0 saturated carbocycles. The van der Waals surface area contributed by atoms with E-state index in [1.807, 2.05) is 38.1 Å². The maximum absolute atomic E-state index is 8.73. The predicted molar refractivity (Wildman–Crippen MR) is 104 cm³/mol. The number of ether oxygens (including phenoxy) is 1. The summed E-state index contributed by atoms with van der Waals surface area (Å²) in [5.41, 5.74) is 3.29. The molecule has 0 aromatic heterocycles. The van der Waals surface area contributed by atoms with Crippen molar-refractivity contribution in [2.45, 2.75) is 26.4 Å². The van der Waals surface area contributed by atoms with E-state index in [0.717, 1.165) is 35.5 Å². The third-order valence-corrected chi connectivity index (χ3v) is 3.88. The summed E-state index contributed by atoms with van der Waals surface area (Å²) in [5.74, 6) is 6.90. The number of benzene rings is 2. The highest BCUT2D eigenvalue weighted by Crippen LogP contribution is 2.24. The molecule has 1 N–H and O–H groups in total. The number of aliphatic hydroxyl groups excluding tert-OH is 1. The first-order chi connectivity index (χ1) is 12.2. The van der Waals surface area contributed by atoms with Gasteiger partial charge < -0.3 is 9.84 Å². The quantitative estimate of drug-likeness (QED) is 0.861. The van der Waals surface area contributed by atoms with Crippen LogP contribution in [0, 0.1) is 11.8 Å². The van der Waals surface area contributed by atoms with E-state index < -0.39 is 0 Å². The van der Waals surface area contributed by atoms with Crippen LogP contribution in [-0.2, 0) is 0 Å². The summed E-state index contributed by atoms with van der Waals surface area (Å²) in [4.78, 5) is 2.24. The fourth-order valence-electron chi connectivity index (χ4n) is 2.60. The first kappa shape index (κ1) is 19.1. The second kappa shape index (κ2) is 9.88. The van der Waals surface area contributed by atoms with Gasteiger partial charge in [-0.15, -0.1) is 0 Å². The van der Waals surface area contributed by atoms with Crippen molar-refractivity contribution in [3.63, 3.8) is 0 Å². The number of hydrogen-bond acceptors (Lipinski definition) is 3. The molecule has 132 valence electrons. The minimum Gasteiger partial charge on any atom is -0.488 e. The smallest absolute Gasteiger partial charge is 0.124 e. The SMILES string of the molecule is CC.CN1CC(Oc2ccc(-c3ccc(C#CCCO)cc3)cc2)C1. The predicted octanol–water partition coefficient (Wildman–Crippen LogP) is 3.81. The summed E-state index contributed by atoms with van der Waals surface area (Å²) in [6.07, 6.45) is 0.836. The standard InChI is InChI=1S/C20H21NO2.C2H6/c1-21-14-20(15-21)23-19-11-9-18(10-12-19)17-7-5-16(6-8-17)4-2-3-13-22;1-2/h5-12,20,22H,3,13-15H2,1H3;1-2H3. The number of hydrogen-bond donors (Lipinski definition) is 1. The van der Waals surface area contributed by atoms with E-state index in [4.69, 9.17) is 9.84 Å². The molecule has 1 aliphatic rings. The van der Waals surface area contributed by atoms with Crippen LogP contribution in [-0.4, -0.2) is 42.9 Å². The summed E-state index contributed by atoms with van der Waals surface area (Å²) in [5, 5.41) is 8.73. The van der Waals surface area contributed by atoms with Crippen LogP contribution in [0.3, 0.4) is 0 Å². The molecular formula is C22H27NO2. The second-order valence-electron chi connectivity index (χ2n) is 5.84. The van der Waals surface area contributed by atoms with Crippen LogP contribution in [0.2, 0.25) is 0 Å². The lowest BCUT2D eigenvalue weighted by molar-refractivity contribution is 0.0388. The van der Waals surface area contributed by atoms with Crippen LogP contribution in [0.15, 0.2) is 48.5 Å². The first-order valence-electron chi connectivity index (χ1n) is 8.90. The highest BCUT2D eigenvalue weighted by Gasteiger charge is 2.24. The lowest BCUT2D eigenvalue weighted by atomic mass is 10.0. The zero-order chi connectivity index (χ0) is 18.1. The fraction of sp³-hybridized carbons (Fsp3) is 0.364. The molecule has 2 aromatic carbocycles. The van der Waals surface area contributed by atoms with Crippen LogP contribution in [0.4, 0.5) is 0 Å². The van der Waals surface area contributed by atoms with E-state index in [1.165, 1.54) is 0 Å². The molecule has 3 heteroatoms. The van der Waals surface area contributed by atoms with E-state index in [-0.39, 0.29) is 6.61 Å². The Morgan fingerprint density at radius 2 is 1.56 bits per heavy atom. The van der Waals surface area contributed by atoms with Gasteiger partial charge in [-0.3, -0.25) is 4.90 Å². The highest BCUT2D eigenvalue weighted by atomic mass is 16.5. The van der Waals surface area contributed by atoms with Crippen molar-refractivity contribution in [2.75, 3.05) is 26.7 Å². The van der Waals surface area contributed by atoms with Crippen LogP contribution in [0.5, 0.6) is 5.75 Å². The molecule has 25 heavy (non-hydrogen) atoms. The summed E-state index contributed by atoms with van der Waals surface area (Å²) in [7, 11) is 2.10. The van der Waals surface area contributed by atoms with E-state index in [2.05, 4.69) is 48.1 Å². The minimum absolute atomic E-state index is 0.108. The van der Waals surface area contributed by atoms with Crippen molar-refractivity contribution in [1.82, 2.24) is 4.90 Å². The number of aliphatic hydroxyl groups is 1. The molecule has 0 amide bonds. The van der Waals surface area contributed by atoms with Crippen molar-refractivity contribution in [3.05, 3.63) is 54.1 Å². The maximum Gasteiger partial charge on any atom is 0.124 e. The molecule has 1 fully saturated rings. The van der Waals surface area contributed by atoms with Gasteiger partial charge in [-0.25, -0.2) is 0 Å². The third-order valence-electron chi connectivity index (χ3n) is 3.88. The molecule has 1 heterocycles. The van der Waals surface area contributed by atoms with E-state index in [9.17, 15) is 0 Å². The topological polar surface area (TPSA) is 32.7 Å². The molecule has 0 bridgehead atoms. The monoisotopic (exact) mass is 337 g/mol. The lowest BCUT2D eigenvalue weighted by Gasteiger charge is -2.36. The Kier molecular flexibility index (Phi) is 7.53. The molecule has 0 radical (unpaired) electrons. The van der Waals surface area contributed by atoms with E-state index in [0.29, 0.717) is 12.5 Å². The maximum atomic E-state index is 8.73. The Bertz CT molecular complexity index is 690. The van der Waals surface area contributed by atoms with Gasteiger partial charge in [-0.05, 0) is 42.4 Å². The van der Waals surface area contributed by atoms with Gasteiger partial charge in [0.05, 0.1) is 6.61 Å². The van der Waals surface area contributed by atoms with Gasteiger partial charge in [0.1, 0.15) is 11.9 Å². The number of nitrogens with zero attached hydrogens (tertiary/aromatic N) is 1. The van der Waals surface area contributed by atoms with Gasteiger partial charge in [-0.2, -0.15) is 0 Å². The summed E-state index contributed by atoms with van der Waals surface area (Å²) in [6, 6.07) is 16.4. The van der Waals surface area contributed by atoms with Gasteiger partial charge in [-0.1, -0.05) is 50.0 Å². The first-order valence-corrected chi connectivity index (χ1v) is 8.90. The van der Waals surface area contributed by atoms with Crippen LogP contribution in [0.25, 0.3) is 11.1 Å². The normalized spacial score (nSPS) is 13.8. The van der Waals surface area contributed by atoms with Crippen molar-refractivity contribution in [3.8, 4) is 28.7 Å². The Morgan fingerprint density at radius 3 is 2.08 bits per heavy atom. The Balaban J connectivity index is 0.00000109. The Morgan fingerprint density at radius 1 is 1.00 bits per heavy atom. The molecule has 1 saturated heterocycles. The second-order valence-corrected chi connectivity index (χ2v) is 5.84. The number of rotatable bonds is 4. The number of likely N-dealkylation sites (N-methyl/N-ethyl adjacent to an activating group) is 1. The van der Waals surface area contributed by atoms with E-state index in [1.54, 1.807) is 0 Å². The fourth-order valence-corrected chi connectivity index (χ4v) is 2.60. The molecule has 3 rings (SSSR count). The summed E-state index contributed by atoms with van der Waals surface area (Å²) in [6.45, 7) is 6.11. The minimum atomic E-state index is 0.108. The molecule has 2 aromatic rings. The van der Waals surface area contributed by atoms with Gasteiger partial charge in [0.15, 0.2) is 0 Å². The zero-order valence-electron chi connectivity index (χ0n) is 15.3. The van der Waals surface area contributed by atoms with Crippen molar-refractivity contribution >= 4 is 0 Å². The van der Waals surface area contributed by atoms with Crippen LogP contribution >= 0.6 is 0 Å². The highest BCUT2D eigenvalue weighted by molar-refractivity contribution is 5.65.